The van der Waals surface area contributed by atoms with Crippen LogP contribution in [0.1, 0.15) is 54.9 Å². The Bertz CT molecular complexity index is 769. The van der Waals surface area contributed by atoms with Gasteiger partial charge in [-0.05, 0) is 72.5 Å². The predicted molar refractivity (Wildman–Crippen MR) is 112 cm³/mol. The van der Waals surface area contributed by atoms with Crippen molar-refractivity contribution in [1.82, 2.24) is 5.32 Å². The first-order chi connectivity index (χ1) is 13.3. The standard InChI is InChI=1S/C21H31BN2O5/c1-19(2,3)27-18(26)23-16-12-13-24(17(16)25)15-10-8-14(9-11-15)22-28-20(4,5)21(6,7)29-22/h8-11,16H,12-13H2,1-7H3,(H,23,26). The van der Waals surface area contributed by atoms with E-state index >= 15 is 0 Å². The van der Waals surface area contributed by atoms with Crippen molar-refractivity contribution in [1.29, 1.82) is 0 Å². The first kappa shape index (κ1) is 21.6. The molecular weight excluding hydrogens is 371 g/mol. The summed E-state index contributed by atoms with van der Waals surface area (Å²) < 4.78 is 17.4. The summed E-state index contributed by atoms with van der Waals surface area (Å²) in [6.07, 6.45) is -0.0364. The van der Waals surface area contributed by atoms with Gasteiger partial charge in [0.2, 0.25) is 5.91 Å². The molecule has 2 fully saturated rings. The molecule has 1 atom stereocenters. The summed E-state index contributed by atoms with van der Waals surface area (Å²) in [5.74, 6) is -0.140. The van der Waals surface area contributed by atoms with Crippen molar-refractivity contribution in [2.24, 2.45) is 0 Å². The van der Waals surface area contributed by atoms with Crippen LogP contribution in [0.5, 0.6) is 0 Å². The second-order valence-electron chi connectivity index (χ2n) is 9.66. The third kappa shape index (κ3) is 4.59. The summed E-state index contributed by atoms with van der Waals surface area (Å²) in [6.45, 7) is 14.0. The van der Waals surface area contributed by atoms with Gasteiger partial charge < -0.3 is 24.3 Å². The van der Waals surface area contributed by atoms with Crippen molar-refractivity contribution in [3.63, 3.8) is 0 Å². The number of ether oxygens (including phenoxy) is 1. The molecule has 158 valence electrons. The van der Waals surface area contributed by atoms with Gasteiger partial charge in [-0.1, -0.05) is 12.1 Å². The summed E-state index contributed by atoms with van der Waals surface area (Å²) in [4.78, 5) is 26.4. The van der Waals surface area contributed by atoms with Gasteiger partial charge in [-0.15, -0.1) is 0 Å². The number of carbonyl (C=O) groups excluding carboxylic acids is 2. The Morgan fingerprint density at radius 1 is 1.14 bits per heavy atom. The lowest BCUT2D eigenvalue weighted by Gasteiger charge is -2.32. The first-order valence-electron chi connectivity index (χ1n) is 10.1. The van der Waals surface area contributed by atoms with Crippen LogP contribution in [0.15, 0.2) is 24.3 Å². The fourth-order valence-electron chi connectivity index (χ4n) is 3.31. The van der Waals surface area contributed by atoms with Crippen molar-refractivity contribution >= 4 is 30.3 Å². The molecule has 0 radical (unpaired) electrons. The lowest BCUT2D eigenvalue weighted by Crippen LogP contribution is -2.43. The Hall–Kier alpha value is -2.06. The maximum atomic E-state index is 12.7. The Kier molecular flexibility index (Phi) is 5.47. The molecule has 1 aromatic carbocycles. The maximum Gasteiger partial charge on any atom is 0.494 e. The molecule has 0 saturated carbocycles. The van der Waals surface area contributed by atoms with E-state index in [1.165, 1.54) is 0 Å². The molecule has 2 heterocycles. The van der Waals surface area contributed by atoms with E-state index in [2.05, 4.69) is 5.32 Å². The number of carbonyl (C=O) groups is 2. The minimum atomic E-state index is -0.602. The van der Waals surface area contributed by atoms with Crippen LogP contribution in [0.25, 0.3) is 0 Å². The average Bonchev–Trinajstić information content (AvgIpc) is 3.03. The summed E-state index contributed by atoms with van der Waals surface area (Å²) in [7, 11) is -0.440. The molecule has 2 amide bonds. The molecular formula is C21H31BN2O5. The monoisotopic (exact) mass is 402 g/mol. The maximum absolute atomic E-state index is 12.7. The molecule has 29 heavy (non-hydrogen) atoms. The van der Waals surface area contributed by atoms with Gasteiger partial charge in [0, 0.05) is 12.2 Å². The van der Waals surface area contributed by atoms with Crippen molar-refractivity contribution < 1.29 is 23.6 Å². The molecule has 0 aromatic heterocycles. The summed E-state index contributed by atoms with van der Waals surface area (Å²) in [6, 6.07) is 7.02. The van der Waals surface area contributed by atoms with Crippen LogP contribution < -0.4 is 15.7 Å². The normalized spacial score (nSPS) is 23.4. The van der Waals surface area contributed by atoms with Gasteiger partial charge >= 0.3 is 13.2 Å². The predicted octanol–water partition coefficient (Wildman–Crippen LogP) is 2.62. The highest BCUT2D eigenvalue weighted by Crippen LogP contribution is 2.36. The van der Waals surface area contributed by atoms with Crippen LogP contribution in [0.2, 0.25) is 0 Å². The van der Waals surface area contributed by atoms with Gasteiger partial charge in [0.25, 0.3) is 0 Å². The second-order valence-corrected chi connectivity index (χ2v) is 9.66. The molecule has 1 unspecified atom stereocenters. The number of nitrogens with zero attached hydrogens (tertiary/aromatic N) is 1. The molecule has 2 aliphatic rings. The number of anilines is 1. The Balaban J connectivity index is 1.64. The van der Waals surface area contributed by atoms with Crippen molar-refractivity contribution in [3.05, 3.63) is 24.3 Å². The van der Waals surface area contributed by atoms with E-state index in [9.17, 15) is 9.59 Å². The average molecular weight is 402 g/mol. The van der Waals surface area contributed by atoms with Gasteiger partial charge in [0.15, 0.2) is 0 Å². The summed E-state index contributed by atoms with van der Waals surface area (Å²) in [5.41, 5.74) is 0.282. The van der Waals surface area contributed by atoms with Gasteiger partial charge in [0.1, 0.15) is 11.6 Å². The minimum absolute atomic E-state index is 0.140. The first-order valence-corrected chi connectivity index (χ1v) is 10.1. The largest absolute Gasteiger partial charge is 0.494 e. The lowest BCUT2D eigenvalue weighted by molar-refractivity contribution is -0.118. The third-order valence-electron chi connectivity index (χ3n) is 5.63. The van der Waals surface area contributed by atoms with Gasteiger partial charge in [-0.2, -0.15) is 0 Å². The highest BCUT2D eigenvalue weighted by molar-refractivity contribution is 6.62. The second kappa shape index (κ2) is 7.33. The summed E-state index contributed by atoms with van der Waals surface area (Å²) in [5, 5.41) is 2.67. The molecule has 1 N–H and O–H groups in total. The van der Waals surface area contributed by atoms with E-state index in [0.29, 0.717) is 13.0 Å². The van der Waals surface area contributed by atoms with Crippen LogP contribution in [-0.2, 0) is 18.8 Å². The molecule has 1 aromatic rings. The molecule has 0 bridgehead atoms. The third-order valence-corrected chi connectivity index (χ3v) is 5.63. The van der Waals surface area contributed by atoms with Gasteiger partial charge in [-0.25, -0.2) is 4.79 Å². The fraction of sp³-hybridized carbons (Fsp3) is 0.619. The number of amides is 2. The number of benzene rings is 1. The minimum Gasteiger partial charge on any atom is -0.444 e. The van der Waals surface area contributed by atoms with Crippen molar-refractivity contribution in [2.75, 3.05) is 11.4 Å². The molecule has 0 spiro atoms. The Labute approximate surface area is 173 Å². The SMILES string of the molecule is CC(C)(C)OC(=O)NC1CCN(c2ccc(B3OC(C)(C)C(C)(C)O3)cc2)C1=O. The Morgan fingerprint density at radius 2 is 1.69 bits per heavy atom. The highest BCUT2D eigenvalue weighted by atomic mass is 16.7. The van der Waals surface area contributed by atoms with Crippen LogP contribution >= 0.6 is 0 Å². The highest BCUT2D eigenvalue weighted by Gasteiger charge is 2.51. The zero-order valence-electron chi connectivity index (χ0n) is 18.4. The van der Waals surface area contributed by atoms with Crippen molar-refractivity contribution in [2.45, 2.75) is 77.7 Å². The van der Waals surface area contributed by atoms with Crippen LogP contribution in [-0.4, -0.2) is 48.5 Å². The van der Waals surface area contributed by atoms with E-state index in [1.807, 2.05) is 52.0 Å². The molecule has 0 aliphatic carbocycles. The van der Waals surface area contributed by atoms with Gasteiger partial charge in [-0.3, -0.25) is 4.79 Å². The van der Waals surface area contributed by atoms with E-state index < -0.39 is 36.1 Å². The van der Waals surface area contributed by atoms with E-state index in [1.54, 1.807) is 25.7 Å². The van der Waals surface area contributed by atoms with Crippen LogP contribution in [0.3, 0.4) is 0 Å². The lowest BCUT2D eigenvalue weighted by atomic mass is 9.79. The summed E-state index contributed by atoms with van der Waals surface area (Å²) >= 11 is 0. The number of nitrogens with one attached hydrogen (secondary N) is 1. The molecule has 3 rings (SSSR count). The number of rotatable bonds is 3. The number of hydrogen-bond donors (Lipinski definition) is 1. The topological polar surface area (TPSA) is 77.1 Å². The van der Waals surface area contributed by atoms with E-state index in [-0.39, 0.29) is 5.91 Å². The Morgan fingerprint density at radius 3 is 2.21 bits per heavy atom. The fourth-order valence-corrected chi connectivity index (χ4v) is 3.31. The molecule has 2 saturated heterocycles. The smallest absolute Gasteiger partial charge is 0.444 e. The zero-order valence-corrected chi connectivity index (χ0v) is 18.4. The van der Waals surface area contributed by atoms with Crippen molar-refractivity contribution in [3.8, 4) is 0 Å². The van der Waals surface area contributed by atoms with E-state index in [4.69, 9.17) is 14.0 Å². The van der Waals surface area contributed by atoms with Crippen LogP contribution in [0, 0.1) is 0 Å². The van der Waals surface area contributed by atoms with Gasteiger partial charge in [0.05, 0.1) is 11.2 Å². The van der Waals surface area contributed by atoms with Crippen LogP contribution in [0.4, 0.5) is 10.5 Å². The number of alkyl carbamates (subject to hydrolysis) is 1. The quantitative estimate of drug-likeness (QED) is 0.787. The zero-order chi connectivity index (χ0) is 21.6. The molecule has 8 heteroatoms. The molecule has 2 aliphatic heterocycles. The molecule has 7 nitrogen and oxygen atoms in total. The van der Waals surface area contributed by atoms with E-state index in [0.717, 1.165) is 11.2 Å². The number of hydrogen-bond acceptors (Lipinski definition) is 5.